The zero-order chi connectivity index (χ0) is 15.1. The molecule has 1 unspecified atom stereocenters. The minimum absolute atomic E-state index is 0.0433. The molecule has 1 rings (SSSR count). The molecule has 3 N–H and O–H groups in total. The van der Waals surface area contributed by atoms with Gasteiger partial charge in [0.15, 0.2) is 0 Å². The highest BCUT2D eigenvalue weighted by atomic mass is 19.4. The quantitative estimate of drug-likeness (QED) is 0.888. The van der Waals surface area contributed by atoms with Gasteiger partial charge in [0.2, 0.25) is 0 Å². The smallest absolute Gasteiger partial charge is 0.480 e. The van der Waals surface area contributed by atoms with E-state index in [0.29, 0.717) is 5.56 Å². The van der Waals surface area contributed by atoms with Crippen LogP contribution in [0.1, 0.15) is 19.4 Å². The Morgan fingerprint density at radius 3 is 2.16 bits per heavy atom. The van der Waals surface area contributed by atoms with E-state index in [9.17, 15) is 18.0 Å². The third-order valence-corrected chi connectivity index (χ3v) is 1.93. The Balaban J connectivity index is 0.00000154. The fraction of sp³-hybridized carbons (Fsp3) is 0.417. The average Bonchev–Trinajstić information content (AvgIpc) is 2.32. The molecule has 19 heavy (non-hydrogen) atoms. The minimum atomic E-state index is -4.74. The van der Waals surface area contributed by atoms with Crippen LogP contribution < -0.4 is 10.5 Å². The van der Waals surface area contributed by atoms with Gasteiger partial charge in [0.1, 0.15) is 11.8 Å². The van der Waals surface area contributed by atoms with Gasteiger partial charge in [-0.05, 0) is 24.1 Å². The number of ether oxygens (including phenoxy) is 1. The number of nitrogens with two attached hydrogens (primary N) is 1. The summed E-state index contributed by atoms with van der Waals surface area (Å²) in [7, 11) is 0. The summed E-state index contributed by atoms with van der Waals surface area (Å²) in [6.45, 7) is 4.00. The lowest BCUT2D eigenvalue weighted by molar-refractivity contribution is -0.274. The molecule has 0 aliphatic carbocycles. The van der Waals surface area contributed by atoms with Gasteiger partial charge < -0.3 is 15.6 Å². The van der Waals surface area contributed by atoms with Gasteiger partial charge in [-0.15, -0.1) is 13.2 Å². The Kier molecular flexibility index (Phi) is 6.92. The maximum Gasteiger partial charge on any atom is 0.573 e. The van der Waals surface area contributed by atoms with Crippen molar-refractivity contribution in [2.75, 3.05) is 0 Å². The topological polar surface area (TPSA) is 72.5 Å². The summed E-state index contributed by atoms with van der Waals surface area (Å²) in [4.78, 5) is 10.5. The predicted octanol–water partition coefficient (Wildman–Crippen LogP) is 2.57. The first-order chi connectivity index (χ1) is 8.78. The van der Waals surface area contributed by atoms with Gasteiger partial charge in [-0.25, -0.2) is 0 Å². The number of rotatable bonds is 4. The molecule has 1 aromatic carbocycles. The van der Waals surface area contributed by atoms with Crippen molar-refractivity contribution >= 4 is 5.97 Å². The van der Waals surface area contributed by atoms with Crippen molar-refractivity contribution in [3.8, 4) is 5.75 Å². The van der Waals surface area contributed by atoms with Crippen LogP contribution in [0.4, 0.5) is 13.2 Å². The molecule has 0 fully saturated rings. The number of halogens is 3. The fourth-order valence-electron chi connectivity index (χ4n) is 1.17. The van der Waals surface area contributed by atoms with Crippen molar-refractivity contribution in [3.63, 3.8) is 0 Å². The maximum absolute atomic E-state index is 11.8. The number of carboxylic acid groups (broad SMARTS) is 1. The summed E-state index contributed by atoms with van der Waals surface area (Å²) in [6.07, 6.45) is -4.69. The minimum Gasteiger partial charge on any atom is -0.480 e. The Bertz CT molecular complexity index is 390. The van der Waals surface area contributed by atoms with E-state index in [-0.39, 0.29) is 12.2 Å². The van der Waals surface area contributed by atoms with Gasteiger partial charge in [0.05, 0.1) is 0 Å². The molecule has 0 amide bonds. The van der Waals surface area contributed by atoms with E-state index in [0.717, 1.165) is 12.1 Å². The van der Waals surface area contributed by atoms with Crippen LogP contribution in [-0.4, -0.2) is 23.5 Å². The summed E-state index contributed by atoms with van der Waals surface area (Å²) in [5, 5.41) is 8.55. The first-order valence-corrected chi connectivity index (χ1v) is 5.61. The van der Waals surface area contributed by atoms with Crippen LogP contribution >= 0.6 is 0 Å². The lowest BCUT2D eigenvalue weighted by Gasteiger charge is -2.10. The second-order valence-corrected chi connectivity index (χ2v) is 3.34. The molecule has 0 saturated heterocycles. The van der Waals surface area contributed by atoms with E-state index in [2.05, 4.69) is 4.74 Å². The summed E-state index contributed by atoms with van der Waals surface area (Å²) in [6, 6.07) is 3.81. The molecule has 0 aliphatic rings. The summed E-state index contributed by atoms with van der Waals surface area (Å²) in [5.41, 5.74) is 5.80. The molecule has 0 aromatic heterocycles. The molecule has 0 aliphatic heterocycles. The molecular formula is C12H16F3NO3. The van der Waals surface area contributed by atoms with Crippen LogP contribution in [0.5, 0.6) is 5.75 Å². The van der Waals surface area contributed by atoms with E-state index in [1.807, 2.05) is 13.8 Å². The molecule has 108 valence electrons. The number of alkyl halides is 3. The Morgan fingerprint density at radius 2 is 1.79 bits per heavy atom. The van der Waals surface area contributed by atoms with Crippen molar-refractivity contribution in [2.24, 2.45) is 5.73 Å². The van der Waals surface area contributed by atoms with E-state index in [4.69, 9.17) is 10.8 Å². The van der Waals surface area contributed by atoms with Crippen LogP contribution in [0, 0.1) is 0 Å². The molecule has 0 saturated carbocycles. The van der Waals surface area contributed by atoms with Gasteiger partial charge in [-0.3, -0.25) is 4.79 Å². The maximum atomic E-state index is 11.8. The third kappa shape index (κ3) is 7.30. The van der Waals surface area contributed by atoms with Gasteiger partial charge >= 0.3 is 12.3 Å². The number of hydrogen-bond acceptors (Lipinski definition) is 3. The Morgan fingerprint density at radius 1 is 1.32 bits per heavy atom. The molecule has 0 radical (unpaired) electrons. The molecular weight excluding hydrogens is 263 g/mol. The molecule has 0 bridgehead atoms. The van der Waals surface area contributed by atoms with E-state index < -0.39 is 18.4 Å². The van der Waals surface area contributed by atoms with Gasteiger partial charge in [-0.1, -0.05) is 26.0 Å². The second-order valence-electron chi connectivity index (χ2n) is 3.34. The first kappa shape index (κ1) is 17.2. The van der Waals surface area contributed by atoms with Crippen LogP contribution in [0.3, 0.4) is 0 Å². The monoisotopic (exact) mass is 279 g/mol. The second kappa shape index (κ2) is 7.63. The van der Waals surface area contributed by atoms with Gasteiger partial charge in [0, 0.05) is 0 Å². The van der Waals surface area contributed by atoms with Crippen molar-refractivity contribution in [2.45, 2.75) is 32.7 Å². The Labute approximate surface area is 109 Å². The zero-order valence-corrected chi connectivity index (χ0v) is 10.6. The molecule has 0 heterocycles. The lowest BCUT2D eigenvalue weighted by atomic mass is 10.1. The zero-order valence-electron chi connectivity index (χ0n) is 10.6. The third-order valence-electron chi connectivity index (χ3n) is 1.93. The standard InChI is InChI=1S/C10H10F3NO3.C2H6/c11-10(12,13)17-7-3-1-6(2-4-7)5-8(14)9(15)16;1-2/h1-4,8H,5,14H2,(H,15,16);1-2H3. The SMILES string of the molecule is CC.NC(Cc1ccc(OC(F)(F)F)cc1)C(=O)O. The van der Waals surface area contributed by atoms with Crippen molar-refractivity contribution in [1.82, 2.24) is 0 Å². The normalized spacial score (nSPS) is 12.1. The number of hydrogen-bond donors (Lipinski definition) is 2. The van der Waals surface area contributed by atoms with Crippen LogP contribution in [-0.2, 0) is 11.2 Å². The average molecular weight is 279 g/mol. The number of carbonyl (C=O) groups is 1. The number of carboxylic acids is 1. The van der Waals surface area contributed by atoms with Crippen LogP contribution in [0.15, 0.2) is 24.3 Å². The van der Waals surface area contributed by atoms with E-state index >= 15 is 0 Å². The first-order valence-electron chi connectivity index (χ1n) is 5.61. The van der Waals surface area contributed by atoms with Crippen molar-refractivity contribution < 1.29 is 27.8 Å². The molecule has 1 aromatic rings. The van der Waals surface area contributed by atoms with Gasteiger partial charge in [-0.2, -0.15) is 0 Å². The highest BCUT2D eigenvalue weighted by molar-refractivity contribution is 5.73. The summed E-state index contributed by atoms with van der Waals surface area (Å²) >= 11 is 0. The number of benzene rings is 1. The molecule has 4 nitrogen and oxygen atoms in total. The number of aliphatic carboxylic acids is 1. The van der Waals surface area contributed by atoms with Crippen molar-refractivity contribution in [3.05, 3.63) is 29.8 Å². The highest BCUT2D eigenvalue weighted by Gasteiger charge is 2.30. The predicted molar refractivity (Wildman–Crippen MR) is 63.8 cm³/mol. The van der Waals surface area contributed by atoms with Crippen molar-refractivity contribution in [1.29, 1.82) is 0 Å². The van der Waals surface area contributed by atoms with Crippen LogP contribution in [0.2, 0.25) is 0 Å². The fourth-order valence-corrected chi connectivity index (χ4v) is 1.17. The summed E-state index contributed by atoms with van der Waals surface area (Å²) in [5.74, 6) is -1.52. The summed E-state index contributed by atoms with van der Waals surface area (Å²) < 4.78 is 39.2. The van der Waals surface area contributed by atoms with Crippen LogP contribution in [0.25, 0.3) is 0 Å². The molecule has 1 atom stereocenters. The van der Waals surface area contributed by atoms with E-state index in [1.165, 1.54) is 12.1 Å². The van der Waals surface area contributed by atoms with Gasteiger partial charge in [0.25, 0.3) is 0 Å². The Hall–Kier alpha value is -1.76. The lowest BCUT2D eigenvalue weighted by Crippen LogP contribution is -2.32. The molecule has 7 heteroatoms. The largest absolute Gasteiger partial charge is 0.573 e. The molecule has 0 spiro atoms. The highest BCUT2D eigenvalue weighted by Crippen LogP contribution is 2.22. The van der Waals surface area contributed by atoms with E-state index in [1.54, 1.807) is 0 Å².